The lowest BCUT2D eigenvalue weighted by Crippen LogP contribution is -2.06. The summed E-state index contributed by atoms with van der Waals surface area (Å²) in [7, 11) is 0. The number of ether oxygens (including phenoxy) is 1. The number of nitrogens with zero attached hydrogens (tertiary/aromatic N) is 3. The highest BCUT2D eigenvalue weighted by atomic mass is 16.5. The van der Waals surface area contributed by atoms with Crippen molar-refractivity contribution in [1.82, 2.24) is 9.61 Å². The normalized spacial score (nSPS) is 14.2. The minimum absolute atomic E-state index is 0.0246. The van der Waals surface area contributed by atoms with E-state index in [1.807, 2.05) is 24.4 Å². The quantitative estimate of drug-likeness (QED) is 0.781. The van der Waals surface area contributed by atoms with Crippen molar-refractivity contribution in [2.24, 2.45) is 5.18 Å². The predicted octanol–water partition coefficient (Wildman–Crippen LogP) is 3.01. The second kappa shape index (κ2) is 4.08. The first-order chi connectivity index (χ1) is 8.70. The van der Waals surface area contributed by atoms with Crippen LogP contribution in [0.15, 0.2) is 17.3 Å². The Morgan fingerprint density at radius 2 is 2.22 bits per heavy atom. The maximum Gasteiger partial charge on any atom is 0.264 e. The molecule has 0 saturated carbocycles. The van der Waals surface area contributed by atoms with Crippen molar-refractivity contribution in [2.75, 3.05) is 0 Å². The summed E-state index contributed by atoms with van der Waals surface area (Å²) in [5.41, 5.74) is 3.52. The van der Waals surface area contributed by atoms with E-state index < -0.39 is 0 Å². The van der Waals surface area contributed by atoms with Crippen LogP contribution < -0.4 is 4.74 Å². The Hall–Kier alpha value is -1.91. The monoisotopic (exact) mass is 245 g/mol. The molecule has 0 radical (unpaired) electrons. The van der Waals surface area contributed by atoms with Crippen LogP contribution in [0.3, 0.4) is 0 Å². The first-order valence-electron chi connectivity index (χ1n) is 6.24. The first-order valence-corrected chi connectivity index (χ1v) is 6.24. The van der Waals surface area contributed by atoms with Gasteiger partial charge < -0.3 is 4.74 Å². The lowest BCUT2D eigenvalue weighted by Gasteiger charge is -2.05. The predicted molar refractivity (Wildman–Crippen MR) is 68.4 cm³/mol. The SMILES string of the molecule is CC(C)Oc1nn2c3c(ccc2c1N=O)CCC3. The third-order valence-electron chi connectivity index (χ3n) is 3.23. The van der Waals surface area contributed by atoms with E-state index in [1.54, 1.807) is 0 Å². The smallest absolute Gasteiger partial charge is 0.264 e. The Balaban J connectivity index is 2.23. The molecule has 0 bridgehead atoms. The molecule has 1 aliphatic rings. The van der Waals surface area contributed by atoms with Crippen molar-refractivity contribution in [3.05, 3.63) is 28.3 Å². The van der Waals surface area contributed by atoms with E-state index >= 15 is 0 Å². The number of nitroso groups, excluding NO2 is 1. The van der Waals surface area contributed by atoms with Gasteiger partial charge in [-0.2, -0.15) is 0 Å². The van der Waals surface area contributed by atoms with E-state index in [0.717, 1.165) is 24.8 Å². The molecule has 18 heavy (non-hydrogen) atoms. The lowest BCUT2D eigenvalue weighted by atomic mass is 10.2. The molecule has 0 atom stereocenters. The average molecular weight is 245 g/mol. The Morgan fingerprint density at radius 1 is 1.39 bits per heavy atom. The summed E-state index contributed by atoms with van der Waals surface area (Å²) in [4.78, 5) is 11.0. The van der Waals surface area contributed by atoms with Crippen LogP contribution in [0.25, 0.3) is 5.52 Å². The summed E-state index contributed by atoms with van der Waals surface area (Å²) >= 11 is 0. The molecule has 2 aromatic heterocycles. The third kappa shape index (κ3) is 1.58. The van der Waals surface area contributed by atoms with Gasteiger partial charge in [0, 0.05) is 5.69 Å². The van der Waals surface area contributed by atoms with Gasteiger partial charge in [0.1, 0.15) is 0 Å². The summed E-state index contributed by atoms with van der Waals surface area (Å²) in [6.07, 6.45) is 3.19. The Morgan fingerprint density at radius 3 is 2.94 bits per heavy atom. The molecule has 0 fully saturated rings. The molecule has 5 nitrogen and oxygen atoms in total. The standard InChI is InChI=1S/C13H15N3O2/c1-8(2)18-13-12(15-17)11-7-6-9-4-3-5-10(9)16(11)14-13/h6-8H,3-5H2,1-2H3. The van der Waals surface area contributed by atoms with Gasteiger partial charge >= 0.3 is 0 Å². The van der Waals surface area contributed by atoms with Gasteiger partial charge in [-0.25, -0.2) is 4.52 Å². The van der Waals surface area contributed by atoms with Crippen LogP contribution in [0, 0.1) is 4.91 Å². The maximum absolute atomic E-state index is 11.0. The number of aromatic nitrogens is 2. The first kappa shape index (κ1) is 11.2. The molecule has 0 unspecified atom stereocenters. The van der Waals surface area contributed by atoms with Crippen molar-refractivity contribution in [1.29, 1.82) is 0 Å². The van der Waals surface area contributed by atoms with Crippen LogP contribution in [0.2, 0.25) is 0 Å². The van der Waals surface area contributed by atoms with Gasteiger partial charge in [-0.1, -0.05) is 6.07 Å². The minimum atomic E-state index is -0.0246. The number of hydrogen-bond acceptors (Lipinski definition) is 4. The highest BCUT2D eigenvalue weighted by Crippen LogP contribution is 2.35. The lowest BCUT2D eigenvalue weighted by molar-refractivity contribution is 0.232. The van der Waals surface area contributed by atoms with E-state index in [4.69, 9.17) is 4.74 Å². The summed E-state index contributed by atoms with van der Waals surface area (Å²) < 4.78 is 7.37. The fourth-order valence-corrected chi connectivity index (χ4v) is 2.50. The van der Waals surface area contributed by atoms with E-state index in [-0.39, 0.29) is 6.10 Å². The molecule has 2 heterocycles. The highest BCUT2D eigenvalue weighted by Gasteiger charge is 2.21. The molecular formula is C13H15N3O2. The van der Waals surface area contributed by atoms with Crippen LogP contribution in [-0.2, 0) is 12.8 Å². The van der Waals surface area contributed by atoms with Crippen LogP contribution in [-0.4, -0.2) is 15.7 Å². The van der Waals surface area contributed by atoms with Crippen LogP contribution in [0.1, 0.15) is 31.5 Å². The van der Waals surface area contributed by atoms with Crippen LogP contribution >= 0.6 is 0 Å². The fourth-order valence-electron chi connectivity index (χ4n) is 2.50. The average Bonchev–Trinajstić information content (AvgIpc) is 2.90. The van der Waals surface area contributed by atoms with Gasteiger partial charge in [0.25, 0.3) is 5.88 Å². The highest BCUT2D eigenvalue weighted by molar-refractivity contribution is 5.74. The summed E-state index contributed by atoms with van der Waals surface area (Å²) in [5, 5.41) is 7.47. The Labute approximate surface area is 105 Å². The fraction of sp³-hybridized carbons (Fsp3) is 0.462. The molecule has 5 heteroatoms. The second-order valence-corrected chi connectivity index (χ2v) is 4.87. The maximum atomic E-state index is 11.0. The summed E-state index contributed by atoms with van der Waals surface area (Å²) in [6.45, 7) is 3.81. The molecule has 2 aromatic rings. The molecule has 3 rings (SSSR count). The Bertz CT molecular complexity index is 616. The van der Waals surface area contributed by atoms with Gasteiger partial charge in [-0.15, -0.1) is 10.0 Å². The van der Waals surface area contributed by atoms with Gasteiger partial charge in [-0.3, -0.25) is 0 Å². The Kier molecular flexibility index (Phi) is 2.54. The largest absolute Gasteiger partial charge is 0.472 e. The molecule has 0 spiro atoms. The van der Waals surface area contributed by atoms with Crippen molar-refractivity contribution in [3.63, 3.8) is 0 Å². The van der Waals surface area contributed by atoms with E-state index in [0.29, 0.717) is 11.6 Å². The molecule has 0 amide bonds. The number of hydrogen-bond donors (Lipinski definition) is 0. The van der Waals surface area contributed by atoms with Crippen molar-refractivity contribution in [3.8, 4) is 5.88 Å². The zero-order valence-corrected chi connectivity index (χ0v) is 10.5. The van der Waals surface area contributed by atoms with E-state index in [9.17, 15) is 4.91 Å². The number of rotatable bonds is 3. The topological polar surface area (TPSA) is 56.0 Å². The second-order valence-electron chi connectivity index (χ2n) is 4.87. The number of pyridine rings is 1. The van der Waals surface area contributed by atoms with E-state index in [2.05, 4.69) is 16.3 Å². The zero-order chi connectivity index (χ0) is 12.7. The van der Waals surface area contributed by atoms with E-state index in [1.165, 1.54) is 11.3 Å². The molecule has 0 saturated heterocycles. The minimum Gasteiger partial charge on any atom is -0.472 e. The van der Waals surface area contributed by atoms with Crippen molar-refractivity contribution < 1.29 is 4.74 Å². The number of fused-ring (bicyclic) bond motifs is 3. The molecule has 94 valence electrons. The number of aryl methyl sites for hydroxylation is 2. The molecule has 0 aromatic carbocycles. The summed E-state index contributed by atoms with van der Waals surface area (Å²) in [5.74, 6) is 0.334. The molecule has 1 aliphatic carbocycles. The zero-order valence-electron chi connectivity index (χ0n) is 10.5. The third-order valence-corrected chi connectivity index (χ3v) is 3.23. The van der Waals surface area contributed by atoms with Gasteiger partial charge in [0.15, 0.2) is 5.69 Å². The molecule has 0 aliphatic heterocycles. The summed E-state index contributed by atoms with van der Waals surface area (Å²) in [6, 6.07) is 3.97. The van der Waals surface area contributed by atoms with Crippen LogP contribution in [0.4, 0.5) is 5.69 Å². The van der Waals surface area contributed by atoms with Gasteiger partial charge in [-0.05, 0) is 49.9 Å². The van der Waals surface area contributed by atoms with Crippen LogP contribution in [0.5, 0.6) is 5.88 Å². The molecular weight excluding hydrogens is 230 g/mol. The van der Waals surface area contributed by atoms with Gasteiger partial charge in [0.2, 0.25) is 0 Å². The van der Waals surface area contributed by atoms with Gasteiger partial charge in [0.05, 0.1) is 11.6 Å². The molecule has 0 N–H and O–H groups in total. The van der Waals surface area contributed by atoms with Crippen molar-refractivity contribution >= 4 is 11.2 Å². The van der Waals surface area contributed by atoms with Crippen molar-refractivity contribution in [2.45, 2.75) is 39.2 Å².